The van der Waals surface area contributed by atoms with Crippen LogP contribution < -0.4 is 15.4 Å². The van der Waals surface area contributed by atoms with Crippen LogP contribution in [-0.2, 0) is 11.4 Å². The quantitative estimate of drug-likeness (QED) is 0.357. The van der Waals surface area contributed by atoms with Crippen molar-refractivity contribution in [2.75, 3.05) is 10.6 Å². The maximum Gasteiger partial charge on any atom is 0.222 e. The molecule has 4 rings (SSSR count). The van der Waals surface area contributed by atoms with E-state index in [-0.39, 0.29) is 18.3 Å². The van der Waals surface area contributed by atoms with Gasteiger partial charge in [-0.25, -0.2) is 19.3 Å². The lowest BCUT2D eigenvalue weighted by Gasteiger charge is -2.11. The van der Waals surface area contributed by atoms with Crippen molar-refractivity contribution in [3.8, 4) is 17.6 Å². The Morgan fingerprint density at radius 1 is 1.11 bits per heavy atom. The summed E-state index contributed by atoms with van der Waals surface area (Å²) in [7, 11) is 0. The minimum absolute atomic E-state index is 0.188. The van der Waals surface area contributed by atoms with Gasteiger partial charge in [0.25, 0.3) is 0 Å². The first-order chi connectivity index (χ1) is 17.0. The van der Waals surface area contributed by atoms with Gasteiger partial charge in [-0.3, -0.25) is 4.79 Å². The van der Waals surface area contributed by atoms with E-state index < -0.39 is 0 Å². The molecule has 174 valence electrons. The summed E-state index contributed by atoms with van der Waals surface area (Å²) >= 11 is 6.39. The number of aromatic nitrogens is 3. The fraction of sp³-hybridized carbons (Fsp3) is 0.0769. The van der Waals surface area contributed by atoms with Gasteiger partial charge in [0.1, 0.15) is 41.8 Å². The van der Waals surface area contributed by atoms with E-state index in [2.05, 4.69) is 37.4 Å². The molecule has 0 spiro atoms. The number of nitrogens with zero attached hydrogens (tertiary/aromatic N) is 3. The van der Waals surface area contributed by atoms with Gasteiger partial charge in [-0.15, -0.1) is 0 Å². The molecule has 0 aliphatic heterocycles. The van der Waals surface area contributed by atoms with Crippen molar-refractivity contribution in [3.63, 3.8) is 0 Å². The van der Waals surface area contributed by atoms with E-state index >= 15 is 0 Å². The molecule has 0 fully saturated rings. The van der Waals surface area contributed by atoms with Crippen LogP contribution in [-0.4, -0.2) is 20.9 Å². The lowest BCUT2D eigenvalue weighted by molar-refractivity contribution is -0.114. The molecule has 2 N–H and O–H groups in total. The lowest BCUT2D eigenvalue weighted by atomic mass is 10.2. The highest BCUT2D eigenvalue weighted by molar-refractivity contribution is 6.32. The van der Waals surface area contributed by atoms with Crippen molar-refractivity contribution in [1.82, 2.24) is 15.0 Å². The van der Waals surface area contributed by atoms with Gasteiger partial charge < -0.3 is 15.4 Å². The molecule has 2 aromatic heterocycles. The van der Waals surface area contributed by atoms with Crippen LogP contribution in [0.4, 0.5) is 21.7 Å². The van der Waals surface area contributed by atoms with Crippen LogP contribution in [0.5, 0.6) is 5.75 Å². The van der Waals surface area contributed by atoms with Crippen LogP contribution in [0.3, 0.4) is 0 Å². The van der Waals surface area contributed by atoms with Crippen molar-refractivity contribution >= 4 is 34.8 Å². The van der Waals surface area contributed by atoms with E-state index in [0.717, 1.165) is 0 Å². The zero-order valence-electron chi connectivity index (χ0n) is 18.5. The van der Waals surface area contributed by atoms with Crippen LogP contribution in [0.1, 0.15) is 23.7 Å². The number of halogens is 2. The van der Waals surface area contributed by atoms with Crippen LogP contribution in [0.2, 0.25) is 5.02 Å². The van der Waals surface area contributed by atoms with E-state index in [1.165, 1.54) is 25.4 Å². The first-order valence-electron chi connectivity index (χ1n) is 10.5. The van der Waals surface area contributed by atoms with Gasteiger partial charge in [-0.05, 0) is 53.9 Å². The molecule has 0 aliphatic carbocycles. The molecule has 7 nitrogen and oxygen atoms in total. The monoisotopic (exact) mass is 487 g/mol. The Kier molecular flexibility index (Phi) is 7.50. The Labute approximate surface area is 206 Å². The number of benzene rings is 2. The zero-order chi connectivity index (χ0) is 24.6. The summed E-state index contributed by atoms with van der Waals surface area (Å²) in [6, 6.07) is 16.5. The fourth-order valence-corrected chi connectivity index (χ4v) is 3.26. The third kappa shape index (κ3) is 6.76. The van der Waals surface area contributed by atoms with Crippen molar-refractivity contribution < 1.29 is 13.9 Å². The number of amides is 1. The van der Waals surface area contributed by atoms with Crippen molar-refractivity contribution in [1.29, 1.82) is 0 Å². The summed E-state index contributed by atoms with van der Waals surface area (Å²) in [6.07, 6.45) is 2.99. The predicted octanol–water partition coefficient (Wildman–Crippen LogP) is 5.34. The summed E-state index contributed by atoms with van der Waals surface area (Å²) in [4.78, 5) is 23.8. The first-order valence-corrected chi connectivity index (χ1v) is 10.8. The Balaban J connectivity index is 1.48. The highest BCUT2D eigenvalue weighted by Crippen LogP contribution is 2.30. The Bertz CT molecular complexity index is 1430. The summed E-state index contributed by atoms with van der Waals surface area (Å²) in [6.45, 7) is 1.60. The molecular weight excluding hydrogens is 469 g/mol. The van der Waals surface area contributed by atoms with E-state index in [4.69, 9.17) is 16.3 Å². The minimum Gasteiger partial charge on any atom is -0.487 e. The zero-order valence-corrected chi connectivity index (χ0v) is 19.3. The summed E-state index contributed by atoms with van der Waals surface area (Å²) in [5, 5.41) is 6.18. The predicted molar refractivity (Wildman–Crippen MR) is 132 cm³/mol. The standard InChI is InChI=1S/C26H19ClFN5O2/c1-17(34)31-25-7-3-6-21(32-25)9-8-19-14-29-16-30-26(19)33-22-10-11-24(23(27)13-22)35-15-18-4-2-5-20(28)12-18/h2-7,10-14,16H,15H2,1H3,(H,29,30,33)(H,31,32,34). The molecule has 2 heterocycles. The Morgan fingerprint density at radius 2 is 1.97 bits per heavy atom. The SMILES string of the molecule is CC(=O)Nc1cccc(C#Cc2cncnc2Nc2ccc(OCc3cccc(F)c3)c(Cl)c2)n1. The second kappa shape index (κ2) is 11.1. The molecule has 1 amide bonds. The molecule has 0 unspecified atom stereocenters. The third-order valence-electron chi connectivity index (χ3n) is 4.57. The number of rotatable bonds is 6. The van der Waals surface area contributed by atoms with E-state index in [1.807, 2.05) is 0 Å². The highest BCUT2D eigenvalue weighted by Gasteiger charge is 2.08. The Hall–Kier alpha value is -4.48. The van der Waals surface area contributed by atoms with Crippen LogP contribution in [0.15, 0.2) is 73.2 Å². The highest BCUT2D eigenvalue weighted by atomic mass is 35.5. The topological polar surface area (TPSA) is 89.0 Å². The molecule has 2 aromatic carbocycles. The summed E-state index contributed by atoms with van der Waals surface area (Å²) in [5.41, 5.74) is 2.39. The van der Waals surface area contributed by atoms with Gasteiger partial charge in [0, 0.05) is 18.8 Å². The number of pyridine rings is 1. The number of hydrogen-bond donors (Lipinski definition) is 2. The molecule has 0 bridgehead atoms. The molecule has 35 heavy (non-hydrogen) atoms. The van der Waals surface area contributed by atoms with Gasteiger partial charge in [0.15, 0.2) is 0 Å². The van der Waals surface area contributed by atoms with Gasteiger partial charge in [0.2, 0.25) is 5.91 Å². The average Bonchev–Trinajstić information content (AvgIpc) is 2.83. The molecule has 0 aliphatic rings. The van der Waals surface area contributed by atoms with Gasteiger partial charge in [-0.2, -0.15) is 0 Å². The molecule has 0 saturated carbocycles. The second-order valence-electron chi connectivity index (χ2n) is 7.31. The second-order valence-corrected chi connectivity index (χ2v) is 7.72. The molecular formula is C26H19ClFN5O2. The Morgan fingerprint density at radius 3 is 2.77 bits per heavy atom. The van der Waals surface area contributed by atoms with E-state index in [0.29, 0.717) is 44.9 Å². The normalized spacial score (nSPS) is 10.1. The minimum atomic E-state index is -0.322. The number of carbonyl (C=O) groups excluding carboxylic acids is 1. The van der Waals surface area contributed by atoms with Crippen molar-refractivity contribution in [3.05, 3.63) is 101 Å². The van der Waals surface area contributed by atoms with Crippen LogP contribution in [0, 0.1) is 17.7 Å². The van der Waals surface area contributed by atoms with E-state index in [9.17, 15) is 9.18 Å². The number of anilines is 3. The van der Waals surface area contributed by atoms with Gasteiger partial charge >= 0.3 is 0 Å². The molecule has 0 atom stereocenters. The third-order valence-corrected chi connectivity index (χ3v) is 4.86. The summed E-state index contributed by atoms with van der Waals surface area (Å²) in [5.74, 6) is 6.78. The maximum absolute atomic E-state index is 13.4. The molecule has 9 heteroatoms. The van der Waals surface area contributed by atoms with Crippen molar-refractivity contribution in [2.45, 2.75) is 13.5 Å². The smallest absolute Gasteiger partial charge is 0.222 e. The maximum atomic E-state index is 13.4. The van der Waals surface area contributed by atoms with E-state index in [1.54, 1.807) is 54.7 Å². The molecule has 4 aromatic rings. The number of nitrogens with one attached hydrogen (secondary N) is 2. The largest absolute Gasteiger partial charge is 0.487 e. The van der Waals surface area contributed by atoms with Gasteiger partial charge in [-0.1, -0.05) is 35.7 Å². The summed E-state index contributed by atoms with van der Waals surface area (Å²) < 4.78 is 19.1. The molecule has 0 radical (unpaired) electrons. The number of carbonyl (C=O) groups is 1. The first kappa shape index (κ1) is 23.7. The van der Waals surface area contributed by atoms with Crippen molar-refractivity contribution in [2.24, 2.45) is 0 Å². The lowest BCUT2D eigenvalue weighted by Crippen LogP contribution is -2.07. The van der Waals surface area contributed by atoms with Crippen LogP contribution >= 0.6 is 11.6 Å². The number of ether oxygens (including phenoxy) is 1. The average molecular weight is 488 g/mol. The van der Waals surface area contributed by atoms with Crippen LogP contribution in [0.25, 0.3) is 0 Å². The van der Waals surface area contributed by atoms with Gasteiger partial charge in [0.05, 0.1) is 10.6 Å². The number of hydrogen-bond acceptors (Lipinski definition) is 6. The fourth-order valence-electron chi connectivity index (χ4n) is 3.03. The molecule has 0 saturated heterocycles.